The Morgan fingerprint density at radius 2 is 2.00 bits per heavy atom. The Morgan fingerprint density at radius 1 is 1.37 bits per heavy atom. The number of hydrogen-bond acceptors (Lipinski definition) is 4. The van der Waals surface area contributed by atoms with Crippen LogP contribution in [0.2, 0.25) is 0 Å². The Kier molecular flexibility index (Phi) is 4.27. The predicted octanol–water partition coefficient (Wildman–Crippen LogP) is 1.42. The average molecular weight is 264 g/mol. The number of hydrogen-bond donors (Lipinski definition) is 4. The monoisotopic (exact) mass is 264 g/mol. The van der Waals surface area contributed by atoms with Crippen LogP contribution in [0.3, 0.4) is 0 Å². The quantitative estimate of drug-likeness (QED) is 0.626. The molecule has 4 N–H and O–H groups in total. The molecule has 2 rings (SSSR count). The Labute approximate surface area is 112 Å². The van der Waals surface area contributed by atoms with E-state index in [-0.39, 0.29) is 23.4 Å². The second-order valence-electron chi connectivity index (χ2n) is 4.98. The van der Waals surface area contributed by atoms with Crippen LogP contribution in [0, 0.1) is 0 Å². The van der Waals surface area contributed by atoms with Crippen LogP contribution in [0.15, 0.2) is 18.2 Å². The summed E-state index contributed by atoms with van der Waals surface area (Å²) in [5.74, 6) is 0.161. The fourth-order valence-electron chi connectivity index (χ4n) is 2.02. The molecule has 0 aliphatic heterocycles. The maximum Gasteiger partial charge on any atom is 0.221 e. The number of aromatic hydroxyl groups is 2. The molecular formula is C14H20N2O3. The first kappa shape index (κ1) is 13.7. The van der Waals surface area contributed by atoms with Crippen LogP contribution >= 0.6 is 0 Å². The molecule has 1 aromatic carbocycles. The minimum atomic E-state index is -0.213. The summed E-state index contributed by atoms with van der Waals surface area (Å²) in [6.07, 6.45) is 2.57. The van der Waals surface area contributed by atoms with Gasteiger partial charge in [0, 0.05) is 25.0 Å². The van der Waals surface area contributed by atoms with Gasteiger partial charge in [-0.15, -0.1) is 0 Å². The second-order valence-corrected chi connectivity index (χ2v) is 4.98. The zero-order chi connectivity index (χ0) is 13.8. The van der Waals surface area contributed by atoms with Gasteiger partial charge in [0.15, 0.2) is 0 Å². The molecule has 0 aromatic heterocycles. The van der Waals surface area contributed by atoms with Crippen LogP contribution in [0.4, 0.5) is 0 Å². The van der Waals surface area contributed by atoms with Gasteiger partial charge in [-0.25, -0.2) is 0 Å². The molecule has 1 unspecified atom stereocenters. The summed E-state index contributed by atoms with van der Waals surface area (Å²) >= 11 is 0. The van der Waals surface area contributed by atoms with Crippen molar-refractivity contribution in [3.05, 3.63) is 23.8 Å². The lowest BCUT2D eigenvalue weighted by atomic mass is 10.1. The van der Waals surface area contributed by atoms with E-state index in [4.69, 9.17) is 0 Å². The van der Waals surface area contributed by atoms with Crippen molar-refractivity contribution >= 4 is 5.91 Å². The Morgan fingerprint density at radius 3 is 2.58 bits per heavy atom. The first-order valence-electron chi connectivity index (χ1n) is 6.61. The van der Waals surface area contributed by atoms with Crippen LogP contribution in [0.1, 0.15) is 37.8 Å². The molecular weight excluding hydrogens is 244 g/mol. The Bertz CT molecular complexity index is 438. The molecule has 1 aliphatic rings. The van der Waals surface area contributed by atoms with E-state index in [1.165, 1.54) is 12.1 Å². The van der Waals surface area contributed by atoms with Crippen molar-refractivity contribution in [2.45, 2.75) is 38.3 Å². The maximum atomic E-state index is 11.5. The molecule has 0 bridgehead atoms. The highest BCUT2D eigenvalue weighted by atomic mass is 16.3. The fraction of sp³-hybridized carbons (Fsp3) is 0.500. The van der Waals surface area contributed by atoms with E-state index in [0.717, 1.165) is 12.8 Å². The molecule has 1 atom stereocenters. The van der Waals surface area contributed by atoms with E-state index in [1.807, 2.05) is 6.92 Å². The van der Waals surface area contributed by atoms with Crippen molar-refractivity contribution in [3.63, 3.8) is 0 Å². The van der Waals surface area contributed by atoms with Crippen LogP contribution in [-0.2, 0) is 4.79 Å². The topological polar surface area (TPSA) is 81.6 Å². The third-order valence-electron chi connectivity index (χ3n) is 3.24. The number of benzene rings is 1. The van der Waals surface area contributed by atoms with Crippen molar-refractivity contribution in [3.8, 4) is 11.5 Å². The van der Waals surface area contributed by atoms with Gasteiger partial charge in [-0.1, -0.05) is 6.07 Å². The van der Waals surface area contributed by atoms with Gasteiger partial charge in [0.2, 0.25) is 5.91 Å². The number of amides is 1. The molecule has 1 amide bonds. The lowest BCUT2D eigenvalue weighted by Gasteiger charge is -2.16. The summed E-state index contributed by atoms with van der Waals surface area (Å²) in [6, 6.07) is 4.83. The Hall–Kier alpha value is -1.75. The standard InChI is InChI=1S/C14H20N2O3/c1-9(14-11(17)3-2-4-12(14)18)15-8-7-13(19)16-10-5-6-10/h2-4,9-10,15,17-18H,5-8H2,1H3,(H,16,19). The lowest BCUT2D eigenvalue weighted by molar-refractivity contribution is -0.121. The number of carbonyl (C=O) groups is 1. The lowest BCUT2D eigenvalue weighted by Crippen LogP contribution is -2.30. The molecule has 5 nitrogen and oxygen atoms in total. The summed E-state index contributed by atoms with van der Waals surface area (Å²) in [7, 11) is 0. The van der Waals surface area contributed by atoms with Crippen molar-refractivity contribution in [2.75, 3.05) is 6.54 Å². The highest BCUT2D eigenvalue weighted by molar-refractivity contribution is 5.76. The molecule has 1 saturated carbocycles. The van der Waals surface area contributed by atoms with Crippen LogP contribution in [-0.4, -0.2) is 28.7 Å². The van der Waals surface area contributed by atoms with Crippen molar-refractivity contribution in [1.29, 1.82) is 0 Å². The second kappa shape index (κ2) is 5.93. The van der Waals surface area contributed by atoms with E-state index < -0.39 is 0 Å². The first-order valence-corrected chi connectivity index (χ1v) is 6.61. The summed E-state index contributed by atoms with van der Waals surface area (Å²) in [6.45, 7) is 2.35. The molecule has 5 heteroatoms. The molecule has 1 aromatic rings. The largest absolute Gasteiger partial charge is 0.507 e. The van der Waals surface area contributed by atoms with Crippen LogP contribution in [0.5, 0.6) is 11.5 Å². The predicted molar refractivity (Wildman–Crippen MR) is 72.0 cm³/mol. The van der Waals surface area contributed by atoms with E-state index in [2.05, 4.69) is 10.6 Å². The third-order valence-corrected chi connectivity index (χ3v) is 3.24. The Balaban J connectivity index is 1.80. The first-order chi connectivity index (χ1) is 9.08. The van der Waals surface area contributed by atoms with Crippen LogP contribution < -0.4 is 10.6 Å². The van der Waals surface area contributed by atoms with Crippen molar-refractivity contribution in [2.24, 2.45) is 0 Å². The van der Waals surface area contributed by atoms with Gasteiger partial charge < -0.3 is 20.8 Å². The number of rotatable bonds is 6. The van der Waals surface area contributed by atoms with Gasteiger partial charge in [0.05, 0.1) is 5.56 Å². The van der Waals surface area contributed by atoms with E-state index in [0.29, 0.717) is 24.6 Å². The third kappa shape index (κ3) is 3.86. The fourth-order valence-corrected chi connectivity index (χ4v) is 2.02. The summed E-state index contributed by atoms with van der Waals surface area (Å²) < 4.78 is 0. The molecule has 1 aliphatic carbocycles. The highest BCUT2D eigenvalue weighted by Crippen LogP contribution is 2.31. The number of nitrogens with one attached hydrogen (secondary N) is 2. The molecule has 0 spiro atoms. The van der Waals surface area contributed by atoms with E-state index in [1.54, 1.807) is 6.07 Å². The summed E-state index contributed by atoms with van der Waals surface area (Å²) in [5, 5.41) is 25.5. The molecule has 1 fully saturated rings. The van der Waals surface area contributed by atoms with E-state index in [9.17, 15) is 15.0 Å². The molecule has 0 radical (unpaired) electrons. The summed E-state index contributed by atoms with van der Waals surface area (Å²) in [4.78, 5) is 11.5. The minimum absolute atomic E-state index is 0.0451. The highest BCUT2D eigenvalue weighted by Gasteiger charge is 2.23. The molecule has 0 heterocycles. The minimum Gasteiger partial charge on any atom is -0.507 e. The number of carbonyl (C=O) groups excluding carboxylic acids is 1. The SMILES string of the molecule is CC(NCCC(=O)NC1CC1)c1c(O)cccc1O. The van der Waals surface area contributed by atoms with Crippen LogP contribution in [0.25, 0.3) is 0 Å². The molecule has 19 heavy (non-hydrogen) atoms. The maximum absolute atomic E-state index is 11.5. The van der Waals surface area contributed by atoms with Gasteiger partial charge in [-0.3, -0.25) is 4.79 Å². The van der Waals surface area contributed by atoms with Gasteiger partial charge in [-0.05, 0) is 31.9 Å². The summed E-state index contributed by atoms with van der Waals surface area (Å²) in [5.41, 5.74) is 0.463. The molecule has 104 valence electrons. The van der Waals surface area contributed by atoms with Gasteiger partial charge >= 0.3 is 0 Å². The number of phenols is 2. The van der Waals surface area contributed by atoms with E-state index >= 15 is 0 Å². The normalized spacial score (nSPS) is 16.1. The smallest absolute Gasteiger partial charge is 0.221 e. The van der Waals surface area contributed by atoms with Crippen molar-refractivity contribution in [1.82, 2.24) is 10.6 Å². The van der Waals surface area contributed by atoms with Crippen molar-refractivity contribution < 1.29 is 15.0 Å². The average Bonchev–Trinajstić information content (AvgIpc) is 3.12. The molecule has 0 saturated heterocycles. The zero-order valence-electron chi connectivity index (χ0n) is 11.0. The number of phenolic OH excluding ortho intramolecular Hbond substituents is 2. The van der Waals surface area contributed by atoms with Gasteiger partial charge in [0.1, 0.15) is 11.5 Å². The van der Waals surface area contributed by atoms with Gasteiger partial charge in [-0.2, -0.15) is 0 Å². The van der Waals surface area contributed by atoms with Gasteiger partial charge in [0.25, 0.3) is 0 Å². The zero-order valence-corrected chi connectivity index (χ0v) is 11.0.